The molecule has 1 aromatic carbocycles. The van der Waals surface area contributed by atoms with Crippen LogP contribution in [0.2, 0.25) is 0 Å². The van der Waals surface area contributed by atoms with Crippen LogP contribution in [0.4, 0.5) is 5.69 Å². The number of β-amino-alcohol motifs (C(OH)–C–C–N with tert-alkyl or cyclic N) is 1. The summed E-state index contributed by atoms with van der Waals surface area (Å²) in [5, 5.41) is 21.6. The van der Waals surface area contributed by atoms with Crippen molar-refractivity contribution in [1.82, 2.24) is 24.6 Å². The number of rotatable bonds is 6. The molecule has 0 unspecified atom stereocenters. The number of nitrogens with zero attached hydrogens (tertiary/aromatic N) is 5. The normalized spacial score (nSPS) is 18.8. The van der Waals surface area contributed by atoms with Gasteiger partial charge in [0.2, 0.25) is 0 Å². The number of amides is 2. The van der Waals surface area contributed by atoms with E-state index in [1.807, 2.05) is 42.8 Å². The summed E-state index contributed by atoms with van der Waals surface area (Å²) in [5.74, 6) is -0.614. The summed E-state index contributed by atoms with van der Waals surface area (Å²) in [6, 6.07) is 10.6. The molecule has 4 rings (SSSR count). The number of nitrogens with one attached hydrogen (secondary N) is 1. The number of hydrogen-bond donors (Lipinski definition) is 2. The van der Waals surface area contributed by atoms with Crippen molar-refractivity contribution in [3.63, 3.8) is 0 Å². The molecule has 2 amide bonds. The molecule has 0 spiro atoms. The first-order chi connectivity index (χ1) is 15.8. The Morgan fingerprint density at radius 3 is 2.79 bits per heavy atom. The summed E-state index contributed by atoms with van der Waals surface area (Å²) in [4.78, 5) is 31.5. The van der Waals surface area contributed by atoms with Gasteiger partial charge in [-0.2, -0.15) is 0 Å². The molecule has 0 aliphatic carbocycles. The van der Waals surface area contributed by atoms with E-state index in [0.717, 1.165) is 10.7 Å². The highest BCUT2D eigenvalue weighted by Crippen LogP contribution is 2.34. The number of thioether (sulfide) groups is 1. The lowest BCUT2D eigenvalue weighted by Crippen LogP contribution is -2.34. The number of hydrogen-bond acceptors (Lipinski definition) is 7. The van der Waals surface area contributed by atoms with Crippen molar-refractivity contribution in [1.29, 1.82) is 0 Å². The molecule has 1 aliphatic rings. The van der Waals surface area contributed by atoms with Gasteiger partial charge < -0.3 is 19.9 Å². The molecule has 2 aromatic heterocycles. The van der Waals surface area contributed by atoms with Gasteiger partial charge in [-0.15, -0.1) is 10.2 Å². The van der Waals surface area contributed by atoms with Crippen LogP contribution in [0.25, 0.3) is 0 Å². The third-order valence-electron chi connectivity index (χ3n) is 5.62. The highest BCUT2D eigenvalue weighted by Gasteiger charge is 2.32. The Balaban J connectivity index is 1.45. The summed E-state index contributed by atoms with van der Waals surface area (Å²) < 4.78 is 1.86. The number of aliphatic hydroxyl groups excluding tert-OH is 1. The van der Waals surface area contributed by atoms with Crippen LogP contribution < -0.4 is 5.32 Å². The average Bonchev–Trinajstić information content (AvgIpc) is 3.37. The number of anilines is 1. The number of pyridine rings is 1. The SMILES string of the molecule is C[C@H](Sc1nncn1C)c1cccc(NC(=O)c2cc(C(=O)N3C[C@H](O)C[C@@H]3C)ccn2)c1. The summed E-state index contributed by atoms with van der Waals surface area (Å²) in [5.41, 5.74) is 2.19. The second-order valence-electron chi connectivity index (χ2n) is 8.19. The number of aryl methyl sites for hydroxylation is 1. The van der Waals surface area contributed by atoms with Crippen molar-refractivity contribution < 1.29 is 14.7 Å². The quantitative estimate of drug-likeness (QED) is 0.537. The van der Waals surface area contributed by atoms with E-state index < -0.39 is 12.0 Å². The Bertz CT molecular complexity index is 1170. The molecule has 0 saturated carbocycles. The Labute approximate surface area is 196 Å². The fourth-order valence-electron chi connectivity index (χ4n) is 3.81. The summed E-state index contributed by atoms with van der Waals surface area (Å²) >= 11 is 1.58. The molecule has 3 heterocycles. The highest BCUT2D eigenvalue weighted by atomic mass is 32.2. The van der Waals surface area contributed by atoms with Crippen molar-refractivity contribution in [2.75, 3.05) is 11.9 Å². The fourth-order valence-corrected chi connectivity index (χ4v) is 4.72. The predicted molar refractivity (Wildman–Crippen MR) is 125 cm³/mol. The van der Waals surface area contributed by atoms with Crippen molar-refractivity contribution in [3.8, 4) is 0 Å². The third kappa shape index (κ3) is 5.23. The van der Waals surface area contributed by atoms with Gasteiger partial charge in [-0.1, -0.05) is 23.9 Å². The third-order valence-corrected chi connectivity index (χ3v) is 6.83. The van der Waals surface area contributed by atoms with Crippen LogP contribution in [0.3, 0.4) is 0 Å². The van der Waals surface area contributed by atoms with E-state index in [-0.39, 0.29) is 22.9 Å². The number of carbonyl (C=O) groups is 2. The van der Waals surface area contributed by atoms with Gasteiger partial charge in [0, 0.05) is 42.3 Å². The highest BCUT2D eigenvalue weighted by molar-refractivity contribution is 7.99. The molecule has 172 valence electrons. The maximum atomic E-state index is 12.9. The molecule has 1 aliphatic heterocycles. The van der Waals surface area contributed by atoms with E-state index in [4.69, 9.17) is 0 Å². The smallest absolute Gasteiger partial charge is 0.274 e. The van der Waals surface area contributed by atoms with Crippen LogP contribution in [-0.4, -0.2) is 60.3 Å². The summed E-state index contributed by atoms with van der Waals surface area (Å²) in [7, 11) is 1.89. The zero-order valence-corrected chi connectivity index (χ0v) is 19.5. The Morgan fingerprint density at radius 1 is 1.27 bits per heavy atom. The van der Waals surface area contributed by atoms with Crippen molar-refractivity contribution in [2.24, 2.45) is 7.05 Å². The first-order valence-electron chi connectivity index (χ1n) is 10.7. The maximum absolute atomic E-state index is 12.9. The first-order valence-corrected chi connectivity index (χ1v) is 11.6. The molecular weight excluding hydrogens is 440 g/mol. The molecule has 1 fully saturated rings. The Hall–Kier alpha value is -3.24. The van der Waals surface area contributed by atoms with Crippen LogP contribution in [0.1, 0.15) is 51.9 Å². The lowest BCUT2D eigenvalue weighted by Gasteiger charge is -2.21. The van der Waals surface area contributed by atoms with Crippen LogP contribution in [0, 0.1) is 0 Å². The Morgan fingerprint density at radius 2 is 2.09 bits per heavy atom. The molecule has 3 aromatic rings. The molecule has 2 N–H and O–H groups in total. The predicted octanol–water partition coefficient (Wildman–Crippen LogP) is 2.91. The molecule has 0 radical (unpaired) electrons. The van der Waals surface area contributed by atoms with E-state index in [2.05, 4.69) is 27.4 Å². The minimum absolute atomic E-state index is 0.0536. The lowest BCUT2D eigenvalue weighted by molar-refractivity contribution is 0.0726. The van der Waals surface area contributed by atoms with Gasteiger partial charge in [0.25, 0.3) is 11.8 Å². The van der Waals surface area contributed by atoms with E-state index >= 15 is 0 Å². The van der Waals surface area contributed by atoms with Crippen LogP contribution >= 0.6 is 11.8 Å². The molecular formula is C23H26N6O3S. The van der Waals surface area contributed by atoms with Crippen LogP contribution in [-0.2, 0) is 7.05 Å². The van der Waals surface area contributed by atoms with Crippen LogP contribution in [0.15, 0.2) is 54.1 Å². The van der Waals surface area contributed by atoms with Crippen molar-refractivity contribution >= 4 is 29.3 Å². The van der Waals surface area contributed by atoms with Gasteiger partial charge in [0.05, 0.1) is 6.10 Å². The first kappa shape index (κ1) is 22.9. The van der Waals surface area contributed by atoms with Gasteiger partial charge >= 0.3 is 0 Å². The topological polar surface area (TPSA) is 113 Å². The molecule has 1 saturated heterocycles. The largest absolute Gasteiger partial charge is 0.391 e. The van der Waals surface area contributed by atoms with Gasteiger partial charge in [-0.3, -0.25) is 14.6 Å². The van der Waals surface area contributed by atoms with Gasteiger partial charge in [-0.25, -0.2) is 0 Å². The van der Waals surface area contributed by atoms with E-state index in [1.54, 1.807) is 29.1 Å². The zero-order chi connectivity index (χ0) is 23.5. The number of likely N-dealkylation sites (tertiary alicyclic amines) is 1. The summed E-state index contributed by atoms with van der Waals surface area (Å²) in [6.07, 6.45) is 3.14. The van der Waals surface area contributed by atoms with E-state index in [0.29, 0.717) is 24.2 Å². The van der Waals surface area contributed by atoms with Crippen molar-refractivity contribution in [2.45, 2.75) is 42.8 Å². The Kier molecular flexibility index (Phi) is 6.75. The second-order valence-corrected chi connectivity index (χ2v) is 9.50. The lowest BCUT2D eigenvalue weighted by atomic mass is 10.1. The van der Waals surface area contributed by atoms with Crippen LogP contribution in [0.5, 0.6) is 0 Å². The average molecular weight is 467 g/mol. The van der Waals surface area contributed by atoms with E-state index in [1.165, 1.54) is 12.3 Å². The fraction of sp³-hybridized carbons (Fsp3) is 0.348. The molecule has 0 bridgehead atoms. The maximum Gasteiger partial charge on any atom is 0.274 e. The standard InChI is InChI=1S/C23H26N6O3S/c1-14-9-19(30)12-29(14)22(32)17-7-8-24-20(11-17)21(31)26-18-6-4-5-16(10-18)15(2)33-23-27-25-13-28(23)3/h4-8,10-11,13-15,19,30H,9,12H2,1-3H3,(H,26,31)/t14-,15-,19+/m0/s1. The van der Waals surface area contributed by atoms with E-state index in [9.17, 15) is 14.7 Å². The molecule has 9 nitrogen and oxygen atoms in total. The monoisotopic (exact) mass is 466 g/mol. The number of aromatic nitrogens is 4. The number of aliphatic hydroxyl groups is 1. The molecule has 3 atom stereocenters. The molecule has 33 heavy (non-hydrogen) atoms. The molecule has 10 heteroatoms. The van der Waals surface area contributed by atoms with Gasteiger partial charge in [0.1, 0.15) is 12.0 Å². The zero-order valence-electron chi connectivity index (χ0n) is 18.7. The second kappa shape index (κ2) is 9.72. The van der Waals surface area contributed by atoms with Gasteiger partial charge in [-0.05, 0) is 50.1 Å². The van der Waals surface area contributed by atoms with Crippen molar-refractivity contribution in [3.05, 3.63) is 65.7 Å². The number of carbonyl (C=O) groups excluding carboxylic acids is 2. The number of benzene rings is 1. The minimum Gasteiger partial charge on any atom is -0.391 e. The minimum atomic E-state index is -0.518. The van der Waals surface area contributed by atoms with Gasteiger partial charge in [0.15, 0.2) is 5.16 Å². The summed E-state index contributed by atoms with van der Waals surface area (Å²) in [6.45, 7) is 4.26.